The summed E-state index contributed by atoms with van der Waals surface area (Å²) in [5.41, 5.74) is 3.35. The highest BCUT2D eigenvalue weighted by Crippen LogP contribution is 2.26. The van der Waals surface area contributed by atoms with E-state index in [0.717, 1.165) is 24.9 Å². The summed E-state index contributed by atoms with van der Waals surface area (Å²) in [6.07, 6.45) is 3.31. The number of rotatable bonds is 1. The highest BCUT2D eigenvalue weighted by Gasteiger charge is 2.21. The number of ether oxygens (including phenoxy) is 1. The van der Waals surface area contributed by atoms with Crippen LogP contribution in [0.3, 0.4) is 0 Å². The van der Waals surface area contributed by atoms with Gasteiger partial charge in [-0.15, -0.1) is 0 Å². The minimum atomic E-state index is -0.840. The molecule has 17 heavy (non-hydrogen) atoms. The molecule has 0 atom stereocenters. The van der Waals surface area contributed by atoms with Crippen LogP contribution in [0.4, 0.5) is 5.69 Å². The highest BCUT2D eigenvalue weighted by atomic mass is 16.5. The Balaban J connectivity index is 2.23. The van der Waals surface area contributed by atoms with Crippen LogP contribution in [0.15, 0.2) is 18.2 Å². The van der Waals surface area contributed by atoms with Gasteiger partial charge in [-0.3, -0.25) is 4.79 Å². The smallest absolute Gasteiger partial charge is 0.397 e. The Labute approximate surface area is 100 Å². The summed E-state index contributed by atoms with van der Waals surface area (Å²) in [5.74, 6) is -1.49. The molecule has 0 saturated heterocycles. The van der Waals surface area contributed by atoms with E-state index in [1.807, 2.05) is 18.2 Å². The topological polar surface area (TPSA) is 46.6 Å². The number of methoxy groups -OCH3 is 1. The van der Waals surface area contributed by atoms with E-state index in [1.54, 1.807) is 7.05 Å². The molecule has 1 aromatic carbocycles. The van der Waals surface area contributed by atoms with E-state index < -0.39 is 11.9 Å². The van der Waals surface area contributed by atoms with Crippen molar-refractivity contribution in [3.05, 3.63) is 29.3 Å². The molecule has 2 rings (SSSR count). The van der Waals surface area contributed by atoms with Gasteiger partial charge in [0.2, 0.25) is 0 Å². The third-order valence-corrected chi connectivity index (χ3v) is 3.13. The number of fused-ring (bicyclic) bond motifs is 1. The Morgan fingerprint density at radius 3 is 2.65 bits per heavy atom. The van der Waals surface area contributed by atoms with Crippen LogP contribution in [0.5, 0.6) is 0 Å². The standard InChI is InChI=1S/C13H15NO3/c1-14(12(15)13(16)17-2)11-7-6-9-4-3-5-10(9)8-11/h6-8H,3-5H2,1-2H3. The van der Waals surface area contributed by atoms with Crippen LogP contribution in [-0.2, 0) is 27.2 Å². The monoisotopic (exact) mass is 233 g/mol. The van der Waals surface area contributed by atoms with Crippen molar-refractivity contribution >= 4 is 17.6 Å². The number of hydrogen-bond donors (Lipinski definition) is 0. The van der Waals surface area contributed by atoms with Crippen LogP contribution >= 0.6 is 0 Å². The Hall–Kier alpha value is -1.84. The van der Waals surface area contributed by atoms with Crippen molar-refractivity contribution < 1.29 is 14.3 Å². The molecular formula is C13H15NO3. The van der Waals surface area contributed by atoms with Gasteiger partial charge in [-0.1, -0.05) is 6.07 Å². The molecule has 0 aliphatic heterocycles. The minimum Gasteiger partial charge on any atom is -0.462 e. The fraction of sp³-hybridized carbons (Fsp3) is 0.385. The van der Waals surface area contributed by atoms with Crippen LogP contribution in [0, 0.1) is 0 Å². The summed E-state index contributed by atoms with van der Waals surface area (Å²) in [5, 5.41) is 0. The predicted molar refractivity (Wildman–Crippen MR) is 63.9 cm³/mol. The van der Waals surface area contributed by atoms with Crippen molar-refractivity contribution in [3.63, 3.8) is 0 Å². The molecule has 0 heterocycles. The average Bonchev–Trinajstić information content (AvgIpc) is 2.83. The molecule has 0 spiro atoms. The molecule has 90 valence electrons. The third kappa shape index (κ3) is 2.16. The molecule has 1 aromatic rings. The molecule has 1 aliphatic carbocycles. The molecule has 0 N–H and O–H groups in total. The van der Waals surface area contributed by atoms with Crippen molar-refractivity contribution in [2.75, 3.05) is 19.1 Å². The summed E-state index contributed by atoms with van der Waals surface area (Å²) in [6.45, 7) is 0. The van der Waals surface area contributed by atoms with Crippen molar-refractivity contribution in [3.8, 4) is 0 Å². The van der Waals surface area contributed by atoms with Gasteiger partial charge in [-0.05, 0) is 42.5 Å². The molecule has 0 bridgehead atoms. The zero-order chi connectivity index (χ0) is 12.4. The first kappa shape index (κ1) is 11.6. The van der Waals surface area contributed by atoms with Gasteiger partial charge in [0, 0.05) is 12.7 Å². The zero-order valence-electron chi connectivity index (χ0n) is 10.0. The van der Waals surface area contributed by atoms with Crippen LogP contribution in [0.2, 0.25) is 0 Å². The van der Waals surface area contributed by atoms with Crippen molar-refractivity contribution in [1.29, 1.82) is 0 Å². The Bertz CT molecular complexity index is 468. The quantitative estimate of drug-likeness (QED) is 0.542. The third-order valence-electron chi connectivity index (χ3n) is 3.13. The normalized spacial score (nSPS) is 13.1. The minimum absolute atomic E-state index is 0.648. The lowest BCUT2D eigenvalue weighted by molar-refractivity contribution is -0.151. The number of benzene rings is 1. The Kier molecular flexibility index (Phi) is 3.13. The maximum atomic E-state index is 11.6. The molecule has 1 amide bonds. The fourth-order valence-electron chi connectivity index (χ4n) is 2.11. The highest BCUT2D eigenvalue weighted by molar-refractivity contribution is 6.37. The number of hydrogen-bond acceptors (Lipinski definition) is 3. The largest absolute Gasteiger partial charge is 0.462 e. The van der Waals surface area contributed by atoms with E-state index in [2.05, 4.69) is 4.74 Å². The summed E-state index contributed by atoms with van der Waals surface area (Å²) in [6, 6.07) is 5.87. The van der Waals surface area contributed by atoms with Gasteiger partial charge >= 0.3 is 11.9 Å². The molecule has 0 unspecified atom stereocenters. The van der Waals surface area contributed by atoms with Crippen LogP contribution in [0.1, 0.15) is 17.5 Å². The molecule has 0 aromatic heterocycles. The summed E-state index contributed by atoms with van der Waals surface area (Å²) >= 11 is 0. The van der Waals surface area contributed by atoms with Gasteiger partial charge in [0.1, 0.15) is 0 Å². The van der Waals surface area contributed by atoms with Crippen LogP contribution < -0.4 is 4.90 Å². The molecule has 4 nitrogen and oxygen atoms in total. The van der Waals surface area contributed by atoms with Gasteiger partial charge in [-0.2, -0.15) is 0 Å². The molecule has 0 saturated carbocycles. The summed E-state index contributed by atoms with van der Waals surface area (Å²) < 4.78 is 4.42. The second kappa shape index (κ2) is 4.57. The van der Waals surface area contributed by atoms with E-state index in [9.17, 15) is 9.59 Å². The number of amides is 1. The number of anilines is 1. The van der Waals surface area contributed by atoms with E-state index in [4.69, 9.17) is 0 Å². The van der Waals surface area contributed by atoms with E-state index >= 15 is 0 Å². The number of likely N-dealkylation sites (N-methyl/N-ethyl adjacent to an activating group) is 1. The van der Waals surface area contributed by atoms with Gasteiger partial charge in [0.25, 0.3) is 0 Å². The molecule has 4 heteroatoms. The first-order valence-corrected chi connectivity index (χ1v) is 5.61. The number of carbonyl (C=O) groups is 2. The van der Waals surface area contributed by atoms with E-state index in [1.165, 1.54) is 23.1 Å². The number of nitrogens with zero attached hydrogens (tertiary/aromatic N) is 1. The lowest BCUT2D eigenvalue weighted by atomic mass is 10.1. The van der Waals surface area contributed by atoms with E-state index in [-0.39, 0.29) is 0 Å². The molecular weight excluding hydrogens is 218 g/mol. The fourth-order valence-corrected chi connectivity index (χ4v) is 2.11. The number of esters is 1. The first-order chi connectivity index (χ1) is 8.13. The second-order valence-electron chi connectivity index (χ2n) is 4.16. The van der Waals surface area contributed by atoms with Crippen molar-refractivity contribution in [2.45, 2.75) is 19.3 Å². The predicted octanol–water partition coefficient (Wildman–Crippen LogP) is 1.31. The first-order valence-electron chi connectivity index (χ1n) is 5.61. The van der Waals surface area contributed by atoms with Gasteiger partial charge < -0.3 is 9.64 Å². The van der Waals surface area contributed by atoms with Gasteiger partial charge in [0.15, 0.2) is 0 Å². The summed E-state index contributed by atoms with van der Waals surface area (Å²) in [7, 11) is 2.78. The maximum absolute atomic E-state index is 11.6. The number of aryl methyl sites for hydroxylation is 2. The molecule has 0 fully saturated rings. The zero-order valence-corrected chi connectivity index (χ0v) is 10.0. The van der Waals surface area contributed by atoms with Crippen molar-refractivity contribution in [2.24, 2.45) is 0 Å². The van der Waals surface area contributed by atoms with Crippen molar-refractivity contribution in [1.82, 2.24) is 0 Å². The molecule has 1 aliphatic rings. The van der Waals surface area contributed by atoms with E-state index in [0.29, 0.717) is 0 Å². The maximum Gasteiger partial charge on any atom is 0.397 e. The SMILES string of the molecule is COC(=O)C(=O)N(C)c1ccc2c(c1)CCC2. The Morgan fingerprint density at radius 1 is 1.24 bits per heavy atom. The lowest BCUT2D eigenvalue weighted by Crippen LogP contribution is -2.34. The van der Waals surface area contributed by atoms with Crippen LogP contribution in [-0.4, -0.2) is 26.0 Å². The number of carbonyl (C=O) groups excluding carboxylic acids is 2. The average molecular weight is 233 g/mol. The van der Waals surface area contributed by atoms with Crippen LogP contribution in [0.25, 0.3) is 0 Å². The summed E-state index contributed by atoms with van der Waals surface area (Å²) in [4.78, 5) is 24.1. The second-order valence-corrected chi connectivity index (χ2v) is 4.16. The molecule has 0 radical (unpaired) electrons. The van der Waals surface area contributed by atoms with Gasteiger partial charge in [0.05, 0.1) is 7.11 Å². The van der Waals surface area contributed by atoms with Gasteiger partial charge in [-0.25, -0.2) is 4.79 Å². The Morgan fingerprint density at radius 2 is 1.94 bits per heavy atom. The lowest BCUT2D eigenvalue weighted by Gasteiger charge is -2.16.